The lowest BCUT2D eigenvalue weighted by Crippen LogP contribution is -2.47. The second-order valence-corrected chi connectivity index (χ2v) is 6.04. The minimum Gasteiger partial charge on any atom is -0.394 e. The molecule has 0 spiro atoms. The van der Waals surface area contributed by atoms with Gasteiger partial charge in [-0.1, -0.05) is 26.7 Å². The Hall–Kier alpha value is -0.120. The summed E-state index contributed by atoms with van der Waals surface area (Å²) in [7, 11) is 2.19. The van der Waals surface area contributed by atoms with Gasteiger partial charge in [0.05, 0.1) is 6.61 Å². The van der Waals surface area contributed by atoms with E-state index in [2.05, 4.69) is 25.8 Å². The summed E-state index contributed by atoms with van der Waals surface area (Å²) in [5, 5.41) is 9.41. The van der Waals surface area contributed by atoms with Crippen molar-refractivity contribution in [2.45, 2.75) is 51.5 Å². The largest absolute Gasteiger partial charge is 0.394 e. The van der Waals surface area contributed by atoms with Crippen LogP contribution in [0.1, 0.15) is 46.0 Å². The van der Waals surface area contributed by atoms with Gasteiger partial charge >= 0.3 is 0 Å². The smallest absolute Gasteiger partial charge is 0.0613 e. The molecule has 1 rings (SSSR count). The Labute approximate surface area is 106 Å². The lowest BCUT2D eigenvalue weighted by Gasteiger charge is -2.31. The van der Waals surface area contributed by atoms with Crippen molar-refractivity contribution in [1.29, 1.82) is 0 Å². The quantitative estimate of drug-likeness (QED) is 0.716. The number of hydrogen-bond acceptors (Lipinski definition) is 3. The molecule has 3 unspecified atom stereocenters. The Morgan fingerprint density at radius 1 is 1.53 bits per heavy atom. The van der Waals surface area contributed by atoms with E-state index in [4.69, 9.17) is 5.73 Å². The molecule has 3 nitrogen and oxygen atoms in total. The van der Waals surface area contributed by atoms with Gasteiger partial charge in [0.2, 0.25) is 0 Å². The van der Waals surface area contributed by atoms with E-state index in [1.54, 1.807) is 0 Å². The van der Waals surface area contributed by atoms with Crippen LogP contribution in [0.5, 0.6) is 0 Å². The molecule has 0 heterocycles. The van der Waals surface area contributed by atoms with E-state index in [0.717, 1.165) is 25.3 Å². The molecule has 1 aliphatic rings. The van der Waals surface area contributed by atoms with Crippen LogP contribution >= 0.6 is 0 Å². The zero-order valence-corrected chi connectivity index (χ0v) is 11.8. The molecule has 3 heteroatoms. The van der Waals surface area contributed by atoms with E-state index in [9.17, 15) is 5.11 Å². The molecule has 0 radical (unpaired) electrons. The number of nitrogens with zero attached hydrogens (tertiary/aromatic N) is 1. The van der Waals surface area contributed by atoms with Gasteiger partial charge < -0.3 is 15.7 Å². The zero-order chi connectivity index (χ0) is 12.9. The molecule has 0 aromatic carbocycles. The molecular formula is C14H30N2O. The van der Waals surface area contributed by atoms with E-state index in [1.807, 2.05) is 0 Å². The maximum Gasteiger partial charge on any atom is 0.0613 e. The van der Waals surface area contributed by atoms with Gasteiger partial charge in [-0.2, -0.15) is 0 Å². The van der Waals surface area contributed by atoms with Crippen LogP contribution in [0, 0.1) is 11.8 Å². The predicted molar refractivity (Wildman–Crippen MR) is 72.9 cm³/mol. The summed E-state index contributed by atoms with van der Waals surface area (Å²) in [6, 6.07) is 0. The first-order chi connectivity index (χ1) is 8.01. The van der Waals surface area contributed by atoms with Crippen LogP contribution < -0.4 is 5.73 Å². The van der Waals surface area contributed by atoms with Gasteiger partial charge in [0.15, 0.2) is 0 Å². The maximum absolute atomic E-state index is 9.41. The molecule has 0 aromatic rings. The normalized spacial score (nSPS) is 31.1. The van der Waals surface area contributed by atoms with Crippen LogP contribution in [0.2, 0.25) is 0 Å². The first kappa shape index (κ1) is 14.9. The molecule has 0 amide bonds. The summed E-state index contributed by atoms with van der Waals surface area (Å²) in [6.45, 7) is 6.96. The van der Waals surface area contributed by atoms with Crippen molar-refractivity contribution < 1.29 is 5.11 Å². The summed E-state index contributed by atoms with van der Waals surface area (Å²) in [5.41, 5.74) is 5.95. The highest BCUT2D eigenvalue weighted by molar-refractivity contribution is 4.96. The van der Waals surface area contributed by atoms with E-state index >= 15 is 0 Å². The number of rotatable bonds is 7. The van der Waals surface area contributed by atoms with Crippen molar-refractivity contribution in [3.8, 4) is 0 Å². The number of aliphatic hydroxyl groups is 1. The fourth-order valence-corrected chi connectivity index (χ4v) is 2.94. The first-order valence-corrected chi connectivity index (χ1v) is 7.10. The topological polar surface area (TPSA) is 49.5 Å². The fraction of sp³-hybridized carbons (Fsp3) is 1.00. The summed E-state index contributed by atoms with van der Waals surface area (Å²) in [6.07, 6.45) is 5.73. The van der Waals surface area contributed by atoms with Crippen molar-refractivity contribution >= 4 is 0 Å². The van der Waals surface area contributed by atoms with Crippen LogP contribution in [0.15, 0.2) is 0 Å². The standard InChI is InChI=1S/C14H30N2O/c1-4-12(2)10-16(3)9-7-13-6-5-8-14(13,15)11-17/h12-13,17H,4-11,15H2,1-3H3. The van der Waals surface area contributed by atoms with E-state index in [1.165, 1.54) is 25.8 Å². The third kappa shape index (κ3) is 4.23. The van der Waals surface area contributed by atoms with Gasteiger partial charge in [0.1, 0.15) is 0 Å². The summed E-state index contributed by atoms with van der Waals surface area (Å²) in [4.78, 5) is 2.41. The van der Waals surface area contributed by atoms with Crippen LogP contribution in [0.25, 0.3) is 0 Å². The SMILES string of the molecule is CCC(C)CN(C)CCC1CCCC1(N)CO. The van der Waals surface area contributed by atoms with Crippen molar-refractivity contribution in [2.24, 2.45) is 17.6 Å². The molecular weight excluding hydrogens is 212 g/mol. The molecule has 0 aromatic heterocycles. The molecule has 0 saturated heterocycles. The lowest BCUT2D eigenvalue weighted by molar-refractivity contribution is 0.145. The Morgan fingerprint density at radius 3 is 2.82 bits per heavy atom. The van der Waals surface area contributed by atoms with Crippen LogP contribution in [-0.4, -0.2) is 42.3 Å². The predicted octanol–water partition coefficient (Wildman–Crippen LogP) is 1.84. The highest BCUT2D eigenvalue weighted by atomic mass is 16.3. The van der Waals surface area contributed by atoms with Crippen molar-refractivity contribution in [1.82, 2.24) is 4.90 Å². The first-order valence-electron chi connectivity index (χ1n) is 7.10. The van der Waals surface area contributed by atoms with Gasteiger partial charge in [-0.05, 0) is 44.7 Å². The highest BCUT2D eigenvalue weighted by Crippen LogP contribution is 2.35. The van der Waals surface area contributed by atoms with Crippen molar-refractivity contribution in [2.75, 3.05) is 26.7 Å². The zero-order valence-electron chi connectivity index (χ0n) is 11.8. The average Bonchev–Trinajstić information content (AvgIpc) is 2.68. The molecule has 17 heavy (non-hydrogen) atoms. The molecule has 1 fully saturated rings. The molecule has 102 valence electrons. The van der Waals surface area contributed by atoms with Crippen molar-refractivity contribution in [3.05, 3.63) is 0 Å². The molecule has 1 aliphatic carbocycles. The van der Waals surface area contributed by atoms with Crippen molar-refractivity contribution in [3.63, 3.8) is 0 Å². The van der Waals surface area contributed by atoms with Gasteiger partial charge in [-0.25, -0.2) is 0 Å². The summed E-state index contributed by atoms with van der Waals surface area (Å²) in [5.74, 6) is 1.27. The Bertz CT molecular complexity index is 222. The summed E-state index contributed by atoms with van der Waals surface area (Å²) < 4.78 is 0. The van der Waals surface area contributed by atoms with Crippen LogP contribution in [-0.2, 0) is 0 Å². The molecule has 3 atom stereocenters. The van der Waals surface area contributed by atoms with Gasteiger partial charge in [-0.3, -0.25) is 0 Å². The fourth-order valence-electron chi connectivity index (χ4n) is 2.94. The number of nitrogens with two attached hydrogens (primary N) is 1. The molecule has 0 aliphatic heterocycles. The Kier molecular flexibility index (Phi) is 5.90. The van der Waals surface area contributed by atoms with Gasteiger partial charge in [-0.15, -0.1) is 0 Å². The average molecular weight is 242 g/mol. The second kappa shape index (κ2) is 6.72. The van der Waals surface area contributed by atoms with Gasteiger partial charge in [0, 0.05) is 12.1 Å². The number of hydrogen-bond donors (Lipinski definition) is 2. The van der Waals surface area contributed by atoms with Crippen LogP contribution in [0.3, 0.4) is 0 Å². The Balaban J connectivity index is 2.30. The van der Waals surface area contributed by atoms with E-state index < -0.39 is 0 Å². The third-order valence-electron chi connectivity index (χ3n) is 4.48. The number of aliphatic hydroxyl groups excluding tert-OH is 1. The van der Waals surface area contributed by atoms with Crippen LogP contribution in [0.4, 0.5) is 0 Å². The molecule has 0 bridgehead atoms. The minimum absolute atomic E-state index is 0.146. The Morgan fingerprint density at radius 2 is 2.24 bits per heavy atom. The minimum atomic E-state index is -0.294. The van der Waals surface area contributed by atoms with E-state index in [-0.39, 0.29) is 12.1 Å². The monoisotopic (exact) mass is 242 g/mol. The lowest BCUT2D eigenvalue weighted by atomic mass is 9.86. The molecule has 3 N–H and O–H groups in total. The molecule has 1 saturated carbocycles. The maximum atomic E-state index is 9.41. The second-order valence-electron chi connectivity index (χ2n) is 6.04. The summed E-state index contributed by atoms with van der Waals surface area (Å²) >= 11 is 0. The van der Waals surface area contributed by atoms with E-state index in [0.29, 0.717) is 5.92 Å². The third-order valence-corrected chi connectivity index (χ3v) is 4.48. The highest BCUT2D eigenvalue weighted by Gasteiger charge is 2.38. The van der Waals surface area contributed by atoms with Gasteiger partial charge in [0.25, 0.3) is 0 Å².